The minimum Gasteiger partial charge on any atom is -0.384 e. The average molecular weight is 289 g/mol. The molecular weight excluding hydrogens is 273 g/mol. The van der Waals surface area contributed by atoms with Gasteiger partial charge in [-0.3, -0.25) is 10.1 Å². The van der Waals surface area contributed by atoms with Crippen LogP contribution >= 0.6 is 0 Å². The zero-order valence-electron chi connectivity index (χ0n) is 10.4. The SMILES string of the molecule is CCOCCS(=O)(=O)Nc1ccc(C(=N)N)cc1F. The number of ether oxygens (including phenoxy) is 1. The molecule has 0 atom stereocenters. The Kier molecular flexibility index (Phi) is 5.25. The van der Waals surface area contributed by atoms with E-state index in [2.05, 4.69) is 4.72 Å². The smallest absolute Gasteiger partial charge is 0.235 e. The van der Waals surface area contributed by atoms with E-state index in [4.69, 9.17) is 15.9 Å². The van der Waals surface area contributed by atoms with E-state index in [-0.39, 0.29) is 29.4 Å². The molecule has 106 valence electrons. The first-order valence-corrected chi connectivity index (χ1v) is 7.23. The standard InChI is InChI=1S/C11H16FN3O3S/c1-2-18-5-6-19(16,17)15-10-4-3-8(11(13)14)7-9(10)12/h3-4,7,15H,2,5-6H2,1H3,(H3,13,14). The number of nitrogen functional groups attached to an aromatic ring is 1. The van der Waals surface area contributed by atoms with Gasteiger partial charge in [-0.1, -0.05) is 0 Å². The van der Waals surface area contributed by atoms with E-state index < -0.39 is 15.8 Å². The van der Waals surface area contributed by atoms with Crippen LogP contribution in [0.3, 0.4) is 0 Å². The molecule has 8 heteroatoms. The van der Waals surface area contributed by atoms with Crippen molar-refractivity contribution >= 4 is 21.5 Å². The summed E-state index contributed by atoms with van der Waals surface area (Å²) in [6, 6.07) is 3.60. The first-order chi connectivity index (χ1) is 8.85. The van der Waals surface area contributed by atoms with Gasteiger partial charge >= 0.3 is 0 Å². The van der Waals surface area contributed by atoms with Crippen LogP contribution in [0.2, 0.25) is 0 Å². The summed E-state index contributed by atoms with van der Waals surface area (Å²) in [5.74, 6) is -1.33. The lowest BCUT2D eigenvalue weighted by molar-refractivity contribution is 0.163. The molecule has 0 fully saturated rings. The molecule has 0 heterocycles. The lowest BCUT2D eigenvalue weighted by atomic mass is 10.2. The van der Waals surface area contributed by atoms with Crippen molar-refractivity contribution < 1.29 is 17.5 Å². The van der Waals surface area contributed by atoms with Crippen molar-refractivity contribution in [3.8, 4) is 0 Å². The number of sulfonamides is 1. The Labute approximate surface area is 111 Å². The maximum absolute atomic E-state index is 13.6. The second kappa shape index (κ2) is 6.48. The molecule has 0 spiro atoms. The molecule has 4 N–H and O–H groups in total. The molecule has 0 aromatic heterocycles. The van der Waals surface area contributed by atoms with Gasteiger partial charge in [0.1, 0.15) is 11.7 Å². The van der Waals surface area contributed by atoms with E-state index in [1.807, 2.05) is 0 Å². The van der Waals surface area contributed by atoms with Crippen molar-refractivity contribution in [3.05, 3.63) is 29.6 Å². The number of nitrogens with one attached hydrogen (secondary N) is 2. The molecule has 0 unspecified atom stereocenters. The van der Waals surface area contributed by atoms with Crippen molar-refractivity contribution in [1.29, 1.82) is 5.41 Å². The molecule has 0 saturated carbocycles. The molecular formula is C11H16FN3O3S. The third-order valence-corrected chi connectivity index (χ3v) is 3.48. The van der Waals surface area contributed by atoms with Gasteiger partial charge in [-0.25, -0.2) is 12.8 Å². The third-order valence-electron chi connectivity index (χ3n) is 2.25. The molecule has 1 aromatic rings. The number of rotatable bonds is 7. The Morgan fingerprint density at radius 2 is 2.21 bits per heavy atom. The fraction of sp³-hybridized carbons (Fsp3) is 0.364. The summed E-state index contributed by atoms with van der Waals surface area (Å²) >= 11 is 0. The number of benzene rings is 1. The number of anilines is 1. The molecule has 0 aliphatic carbocycles. The van der Waals surface area contributed by atoms with E-state index in [1.54, 1.807) is 6.92 Å². The molecule has 0 radical (unpaired) electrons. The quantitative estimate of drug-likeness (QED) is 0.394. The van der Waals surface area contributed by atoms with Crippen molar-refractivity contribution in [2.24, 2.45) is 5.73 Å². The zero-order valence-corrected chi connectivity index (χ0v) is 11.3. The predicted molar refractivity (Wildman–Crippen MR) is 71.3 cm³/mol. The van der Waals surface area contributed by atoms with Crippen LogP contribution < -0.4 is 10.5 Å². The Bertz CT molecular complexity index is 560. The molecule has 19 heavy (non-hydrogen) atoms. The number of hydrogen-bond donors (Lipinski definition) is 3. The van der Waals surface area contributed by atoms with Gasteiger partial charge in [-0.05, 0) is 25.1 Å². The predicted octanol–water partition coefficient (Wildman–Crippen LogP) is 0.888. The van der Waals surface area contributed by atoms with Crippen LogP contribution in [0.1, 0.15) is 12.5 Å². The van der Waals surface area contributed by atoms with E-state index in [0.717, 1.165) is 6.07 Å². The maximum Gasteiger partial charge on any atom is 0.235 e. The summed E-state index contributed by atoms with van der Waals surface area (Å²) < 4.78 is 43.9. The van der Waals surface area contributed by atoms with Crippen molar-refractivity contribution in [2.75, 3.05) is 23.7 Å². The summed E-state index contributed by atoms with van der Waals surface area (Å²) in [5, 5.41) is 7.15. The Morgan fingerprint density at radius 3 is 2.74 bits per heavy atom. The van der Waals surface area contributed by atoms with Gasteiger partial charge in [0.2, 0.25) is 10.0 Å². The molecule has 6 nitrogen and oxygen atoms in total. The van der Waals surface area contributed by atoms with Gasteiger partial charge in [-0.15, -0.1) is 0 Å². The van der Waals surface area contributed by atoms with Crippen molar-refractivity contribution in [1.82, 2.24) is 0 Å². The van der Waals surface area contributed by atoms with Crippen molar-refractivity contribution in [3.63, 3.8) is 0 Å². The van der Waals surface area contributed by atoms with Crippen LogP contribution in [-0.2, 0) is 14.8 Å². The van der Waals surface area contributed by atoms with Crippen LogP contribution in [0.4, 0.5) is 10.1 Å². The highest BCUT2D eigenvalue weighted by molar-refractivity contribution is 7.92. The maximum atomic E-state index is 13.6. The normalized spacial score (nSPS) is 11.3. The van der Waals surface area contributed by atoms with Gasteiger partial charge in [0.25, 0.3) is 0 Å². The second-order valence-electron chi connectivity index (χ2n) is 3.73. The highest BCUT2D eigenvalue weighted by Gasteiger charge is 2.13. The van der Waals surface area contributed by atoms with Crippen LogP contribution in [-0.4, -0.2) is 33.2 Å². The van der Waals surface area contributed by atoms with Crippen LogP contribution in [0.15, 0.2) is 18.2 Å². The van der Waals surface area contributed by atoms with E-state index in [1.165, 1.54) is 12.1 Å². The van der Waals surface area contributed by atoms with E-state index in [0.29, 0.717) is 6.61 Å². The first kappa shape index (κ1) is 15.4. The molecule has 1 aromatic carbocycles. The van der Waals surface area contributed by atoms with Crippen molar-refractivity contribution in [2.45, 2.75) is 6.92 Å². The molecule has 0 bridgehead atoms. The third kappa shape index (κ3) is 4.84. The molecule has 0 aliphatic rings. The van der Waals surface area contributed by atoms with Crippen LogP contribution in [0, 0.1) is 11.2 Å². The first-order valence-electron chi connectivity index (χ1n) is 5.58. The van der Waals surface area contributed by atoms with Gasteiger partial charge < -0.3 is 10.5 Å². The van der Waals surface area contributed by atoms with E-state index in [9.17, 15) is 12.8 Å². The van der Waals surface area contributed by atoms with Crippen LogP contribution in [0.25, 0.3) is 0 Å². The Balaban J connectivity index is 2.79. The van der Waals surface area contributed by atoms with Gasteiger partial charge in [0.15, 0.2) is 0 Å². The summed E-state index contributed by atoms with van der Waals surface area (Å²) in [6.07, 6.45) is 0. The lowest BCUT2D eigenvalue weighted by Gasteiger charge is -2.09. The average Bonchev–Trinajstić information content (AvgIpc) is 2.31. The Hall–Kier alpha value is -1.67. The topological polar surface area (TPSA) is 105 Å². The lowest BCUT2D eigenvalue weighted by Crippen LogP contribution is -2.21. The zero-order chi connectivity index (χ0) is 14.5. The molecule has 0 aliphatic heterocycles. The fourth-order valence-electron chi connectivity index (χ4n) is 1.30. The second-order valence-corrected chi connectivity index (χ2v) is 5.57. The molecule has 0 saturated heterocycles. The number of nitrogens with two attached hydrogens (primary N) is 1. The number of halogens is 1. The largest absolute Gasteiger partial charge is 0.384 e. The molecule has 1 rings (SSSR count). The molecule has 0 amide bonds. The highest BCUT2D eigenvalue weighted by Crippen LogP contribution is 2.17. The highest BCUT2D eigenvalue weighted by atomic mass is 32.2. The van der Waals surface area contributed by atoms with Gasteiger partial charge in [0.05, 0.1) is 18.0 Å². The van der Waals surface area contributed by atoms with Crippen LogP contribution in [0.5, 0.6) is 0 Å². The Morgan fingerprint density at radius 1 is 1.53 bits per heavy atom. The van der Waals surface area contributed by atoms with Gasteiger partial charge in [0, 0.05) is 12.2 Å². The summed E-state index contributed by atoms with van der Waals surface area (Å²) in [4.78, 5) is 0. The summed E-state index contributed by atoms with van der Waals surface area (Å²) in [7, 11) is -3.66. The number of hydrogen-bond acceptors (Lipinski definition) is 4. The minimum atomic E-state index is -3.66. The van der Waals surface area contributed by atoms with E-state index >= 15 is 0 Å². The minimum absolute atomic E-state index is 0.0407. The fourth-order valence-corrected chi connectivity index (χ4v) is 2.24. The number of amidine groups is 1. The van der Waals surface area contributed by atoms with Gasteiger partial charge in [-0.2, -0.15) is 0 Å². The summed E-state index contributed by atoms with van der Waals surface area (Å²) in [5.41, 5.74) is 5.21. The summed E-state index contributed by atoms with van der Waals surface area (Å²) in [6.45, 7) is 2.20. The monoisotopic (exact) mass is 289 g/mol.